The molecule has 1 saturated heterocycles. The molecule has 8 heteroatoms. The molecule has 2 aromatic heterocycles. The third-order valence-electron chi connectivity index (χ3n) is 4.37. The van der Waals surface area contributed by atoms with Crippen molar-refractivity contribution in [2.45, 2.75) is 6.92 Å². The van der Waals surface area contributed by atoms with Gasteiger partial charge in [0.05, 0.1) is 24.6 Å². The Balaban J connectivity index is 1.56. The van der Waals surface area contributed by atoms with Crippen molar-refractivity contribution in [1.82, 2.24) is 10.2 Å². The van der Waals surface area contributed by atoms with E-state index in [-0.39, 0.29) is 11.6 Å². The topological polar surface area (TPSA) is 83.4 Å². The van der Waals surface area contributed by atoms with Gasteiger partial charge in [0.2, 0.25) is 0 Å². The number of aromatic amines is 1. The van der Waals surface area contributed by atoms with Gasteiger partial charge in [-0.25, -0.2) is 0 Å². The number of rotatable bonds is 4. The number of furan rings is 1. The van der Waals surface area contributed by atoms with E-state index in [4.69, 9.17) is 20.8 Å². The van der Waals surface area contributed by atoms with Crippen LogP contribution in [0.4, 0.5) is 11.4 Å². The lowest BCUT2D eigenvalue weighted by Gasteiger charge is -2.30. The first-order valence-corrected chi connectivity index (χ1v) is 9.04. The van der Waals surface area contributed by atoms with Crippen LogP contribution in [0.15, 0.2) is 40.8 Å². The SMILES string of the molecule is Cc1ccc(-c2cc(C(=O)Nc3cc(Cl)ccc3N3CCOCC3)n[nH]2)o1. The smallest absolute Gasteiger partial charge is 0.276 e. The number of halogens is 1. The first kappa shape index (κ1) is 17.6. The molecule has 0 spiro atoms. The minimum atomic E-state index is -0.322. The van der Waals surface area contributed by atoms with E-state index < -0.39 is 0 Å². The summed E-state index contributed by atoms with van der Waals surface area (Å²) in [6.07, 6.45) is 0. The van der Waals surface area contributed by atoms with E-state index >= 15 is 0 Å². The van der Waals surface area contributed by atoms with Gasteiger partial charge in [0, 0.05) is 24.2 Å². The first-order valence-electron chi connectivity index (χ1n) is 8.66. The number of anilines is 2. The number of hydrogen-bond donors (Lipinski definition) is 2. The fourth-order valence-electron chi connectivity index (χ4n) is 3.02. The molecule has 1 amide bonds. The Morgan fingerprint density at radius 1 is 1.22 bits per heavy atom. The third kappa shape index (κ3) is 3.84. The molecule has 0 atom stereocenters. The standard InChI is InChI=1S/C19H19ClN4O3/c1-12-2-5-18(27-12)15-11-16(23-22-15)19(25)21-14-10-13(20)3-4-17(14)24-6-8-26-9-7-24/h2-5,10-11H,6-9H2,1H3,(H,21,25)(H,22,23). The number of hydrogen-bond acceptors (Lipinski definition) is 5. The zero-order chi connectivity index (χ0) is 18.8. The zero-order valence-electron chi connectivity index (χ0n) is 14.8. The maximum absolute atomic E-state index is 12.7. The van der Waals surface area contributed by atoms with Crippen molar-refractivity contribution >= 4 is 28.9 Å². The molecular formula is C19H19ClN4O3. The molecule has 7 nitrogen and oxygen atoms in total. The highest BCUT2D eigenvalue weighted by atomic mass is 35.5. The van der Waals surface area contributed by atoms with Crippen LogP contribution in [-0.4, -0.2) is 42.4 Å². The molecule has 1 aromatic carbocycles. The summed E-state index contributed by atoms with van der Waals surface area (Å²) in [6, 6.07) is 10.8. The van der Waals surface area contributed by atoms with Crippen LogP contribution in [0.2, 0.25) is 5.02 Å². The summed E-state index contributed by atoms with van der Waals surface area (Å²) in [5, 5.41) is 10.4. The minimum Gasteiger partial charge on any atom is -0.460 e. The summed E-state index contributed by atoms with van der Waals surface area (Å²) in [6.45, 7) is 4.69. The molecule has 0 radical (unpaired) electrons. The third-order valence-corrected chi connectivity index (χ3v) is 4.61. The fourth-order valence-corrected chi connectivity index (χ4v) is 3.19. The van der Waals surface area contributed by atoms with Crippen LogP contribution < -0.4 is 10.2 Å². The zero-order valence-corrected chi connectivity index (χ0v) is 15.5. The Labute approximate surface area is 161 Å². The number of benzene rings is 1. The Kier molecular flexibility index (Phi) is 4.87. The molecule has 3 heterocycles. The molecule has 1 aliphatic heterocycles. The van der Waals surface area contributed by atoms with Crippen LogP contribution in [-0.2, 0) is 4.74 Å². The minimum absolute atomic E-state index is 0.270. The van der Waals surface area contributed by atoms with Gasteiger partial charge < -0.3 is 19.4 Å². The van der Waals surface area contributed by atoms with Gasteiger partial charge >= 0.3 is 0 Å². The molecule has 0 aliphatic carbocycles. The van der Waals surface area contributed by atoms with E-state index in [1.54, 1.807) is 12.1 Å². The highest BCUT2D eigenvalue weighted by Gasteiger charge is 2.19. The van der Waals surface area contributed by atoms with Gasteiger partial charge in [-0.15, -0.1) is 0 Å². The number of aryl methyl sites for hydroxylation is 1. The van der Waals surface area contributed by atoms with Gasteiger partial charge in [-0.1, -0.05) is 11.6 Å². The van der Waals surface area contributed by atoms with Crippen molar-refractivity contribution in [3.8, 4) is 11.5 Å². The first-order chi connectivity index (χ1) is 13.1. The molecule has 2 N–H and O–H groups in total. The second-order valence-corrected chi connectivity index (χ2v) is 6.73. The van der Waals surface area contributed by atoms with Crippen molar-refractivity contribution in [2.24, 2.45) is 0 Å². The number of carbonyl (C=O) groups is 1. The number of nitrogens with one attached hydrogen (secondary N) is 2. The van der Waals surface area contributed by atoms with Crippen LogP contribution in [0.1, 0.15) is 16.2 Å². The summed E-state index contributed by atoms with van der Waals surface area (Å²) in [5.41, 5.74) is 2.47. The highest BCUT2D eigenvalue weighted by Crippen LogP contribution is 2.30. The summed E-state index contributed by atoms with van der Waals surface area (Å²) < 4.78 is 11.0. The second-order valence-electron chi connectivity index (χ2n) is 6.29. The number of aromatic nitrogens is 2. The predicted molar refractivity (Wildman–Crippen MR) is 103 cm³/mol. The van der Waals surface area contributed by atoms with Gasteiger partial charge in [0.15, 0.2) is 11.5 Å². The molecule has 1 aliphatic rings. The number of amides is 1. The number of H-pyrrole nitrogens is 1. The van der Waals surface area contributed by atoms with Crippen molar-refractivity contribution in [3.05, 3.63) is 52.9 Å². The molecule has 4 rings (SSSR count). The molecule has 3 aromatic rings. The molecule has 27 heavy (non-hydrogen) atoms. The maximum Gasteiger partial charge on any atom is 0.276 e. The van der Waals surface area contributed by atoms with Gasteiger partial charge in [-0.3, -0.25) is 9.89 Å². The van der Waals surface area contributed by atoms with Crippen LogP contribution in [0.25, 0.3) is 11.5 Å². The molecule has 0 saturated carbocycles. The van der Waals surface area contributed by atoms with Crippen LogP contribution in [0.3, 0.4) is 0 Å². The van der Waals surface area contributed by atoms with Gasteiger partial charge in [-0.2, -0.15) is 5.10 Å². The van der Waals surface area contributed by atoms with Gasteiger partial charge in [-0.05, 0) is 37.3 Å². The van der Waals surface area contributed by atoms with Gasteiger partial charge in [0.25, 0.3) is 5.91 Å². The number of carbonyl (C=O) groups excluding carboxylic acids is 1. The lowest BCUT2D eigenvalue weighted by atomic mass is 10.2. The van der Waals surface area contributed by atoms with E-state index in [2.05, 4.69) is 20.4 Å². The highest BCUT2D eigenvalue weighted by molar-refractivity contribution is 6.31. The molecule has 140 valence electrons. The van der Waals surface area contributed by atoms with Crippen molar-refractivity contribution in [2.75, 3.05) is 36.5 Å². The van der Waals surface area contributed by atoms with Crippen LogP contribution >= 0.6 is 11.6 Å². The van der Waals surface area contributed by atoms with Gasteiger partial charge in [0.1, 0.15) is 11.5 Å². The Morgan fingerprint density at radius 3 is 2.78 bits per heavy atom. The molecular weight excluding hydrogens is 368 g/mol. The summed E-state index contributed by atoms with van der Waals surface area (Å²) >= 11 is 6.14. The van der Waals surface area contributed by atoms with Crippen molar-refractivity contribution < 1.29 is 13.9 Å². The van der Waals surface area contributed by atoms with E-state index in [1.807, 2.05) is 31.2 Å². The lowest BCUT2D eigenvalue weighted by molar-refractivity contribution is 0.102. The van der Waals surface area contributed by atoms with Crippen molar-refractivity contribution in [3.63, 3.8) is 0 Å². The Bertz CT molecular complexity index is 960. The number of nitrogens with zero attached hydrogens (tertiary/aromatic N) is 2. The molecule has 0 unspecified atom stereocenters. The fraction of sp³-hybridized carbons (Fsp3) is 0.263. The Hall–Kier alpha value is -2.77. The molecule has 0 bridgehead atoms. The molecule has 1 fully saturated rings. The average Bonchev–Trinajstić information content (AvgIpc) is 3.31. The van der Waals surface area contributed by atoms with Crippen molar-refractivity contribution in [1.29, 1.82) is 0 Å². The summed E-state index contributed by atoms with van der Waals surface area (Å²) in [7, 11) is 0. The predicted octanol–water partition coefficient (Wildman–Crippen LogP) is 3.72. The lowest BCUT2D eigenvalue weighted by Crippen LogP contribution is -2.36. The van der Waals surface area contributed by atoms with E-state index in [9.17, 15) is 4.79 Å². The number of morpholine rings is 1. The van der Waals surface area contributed by atoms with Crippen LogP contribution in [0.5, 0.6) is 0 Å². The Morgan fingerprint density at radius 2 is 2.04 bits per heavy atom. The van der Waals surface area contributed by atoms with E-state index in [0.717, 1.165) is 24.5 Å². The monoisotopic (exact) mass is 386 g/mol. The summed E-state index contributed by atoms with van der Waals surface area (Å²) in [4.78, 5) is 14.9. The largest absolute Gasteiger partial charge is 0.460 e. The maximum atomic E-state index is 12.7. The normalized spacial score (nSPS) is 14.4. The van der Waals surface area contributed by atoms with E-state index in [1.165, 1.54) is 0 Å². The quantitative estimate of drug-likeness (QED) is 0.714. The van der Waals surface area contributed by atoms with E-state index in [0.29, 0.717) is 35.4 Å². The average molecular weight is 387 g/mol. The second kappa shape index (κ2) is 7.46. The number of ether oxygens (including phenoxy) is 1. The van der Waals surface area contributed by atoms with Crippen LogP contribution in [0, 0.1) is 6.92 Å². The summed E-state index contributed by atoms with van der Waals surface area (Å²) in [5.74, 6) is 1.10.